The Labute approximate surface area is 98.5 Å². The fraction of sp³-hybridized carbons (Fsp3) is 0.692. The Balaban J connectivity index is 3.08. The quantitative estimate of drug-likeness (QED) is 0.831. The first-order valence-corrected chi connectivity index (χ1v) is 6.16. The molecule has 0 aromatic carbocycles. The van der Waals surface area contributed by atoms with E-state index in [4.69, 9.17) is 5.73 Å². The van der Waals surface area contributed by atoms with E-state index in [-0.39, 0.29) is 5.92 Å². The van der Waals surface area contributed by atoms with Gasteiger partial charge in [-0.2, -0.15) is 0 Å². The first-order valence-electron chi connectivity index (χ1n) is 6.16. The predicted molar refractivity (Wildman–Crippen MR) is 67.6 cm³/mol. The molecule has 0 aliphatic heterocycles. The van der Waals surface area contributed by atoms with Gasteiger partial charge < -0.3 is 5.73 Å². The third-order valence-corrected chi connectivity index (χ3v) is 2.71. The number of hydrogen-bond donors (Lipinski definition) is 1. The monoisotopic (exact) mass is 221 g/mol. The van der Waals surface area contributed by atoms with Gasteiger partial charge in [0.1, 0.15) is 5.82 Å². The molecule has 3 nitrogen and oxygen atoms in total. The number of rotatable bonds is 5. The van der Waals surface area contributed by atoms with Crippen LogP contribution in [0.15, 0.2) is 6.07 Å². The lowest BCUT2D eigenvalue weighted by Gasteiger charge is -2.13. The molecule has 3 heteroatoms. The summed E-state index contributed by atoms with van der Waals surface area (Å²) in [5.41, 5.74) is 7.96. The van der Waals surface area contributed by atoms with Gasteiger partial charge in [-0.1, -0.05) is 34.1 Å². The van der Waals surface area contributed by atoms with E-state index in [9.17, 15) is 0 Å². The molecule has 0 aliphatic rings. The number of aromatic nitrogens is 2. The molecule has 0 saturated heterocycles. The van der Waals surface area contributed by atoms with Gasteiger partial charge in [0.05, 0.1) is 0 Å². The van der Waals surface area contributed by atoms with Gasteiger partial charge in [-0.25, -0.2) is 9.97 Å². The van der Waals surface area contributed by atoms with Crippen LogP contribution in [0.3, 0.4) is 0 Å². The Hall–Kier alpha value is -0.960. The first-order chi connectivity index (χ1) is 7.58. The minimum Gasteiger partial charge on any atom is -0.330 e. The molecule has 16 heavy (non-hydrogen) atoms. The molecular formula is C13H23N3. The smallest absolute Gasteiger partial charge is 0.132 e. The minimum absolute atomic E-state index is 0.245. The molecule has 0 spiro atoms. The van der Waals surface area contributed by atoms with Crippen LogP contribution in [0.5, 0.6) is 0 Å². The van der Waals surface area contributed by atoms with Crippen molar-refractivity contribution in [1.82, 2.24) is 9.97 Å². The van der Waals surface area contributed by atoms with E-state index in [1.165, 1.54) is 0 Å². The number of nitrogens with two attached hydrogens (primary N) is 1. The van der Waals surface area contributed by atoms with E-state index in [1.54, 1.807) is 0 Å². The molecule has 0 aliphatic carbocycles. The van der Waals surface area contributed by atoms with Crippen molar-refractivity contribution in [2.45, 2.75) is 52.4 Å². The normalized spacial score (nSPS) is 13.1. The molecule has 1 unspecified atom stereocenters. The Kier molecular flexibility index (Phi) is 4.87. The van der Waals surface area contributed by atoms with Crippen molar-refractivity contribution >= 4 is 0 Å². The second-order valence-corrected chi connectivity index (χ2v) is 4.68. The average Bonchev–Trinajstić information content (AvgIpc) is 2.28. The van der Waals surface area contributed by atoms with Crippen LogP contribution in [0.25, 0.3) is 0 Å². The Morgan fingerprint density at radius 1 is 1.25 bits per heavy atom. The molecule has 0 saturated carbocycles. The van der Waals surface area contributed by atoms with Crippen molar-refractivity contribution in [1.29, 1.82) is 0 Å². The average molecular weight is 221 g/mol. The molecule has 0 fully saturated rings. The zero-order valence-corrected chi connectivity index (χ0v) is 10.8. The summed E-state index contributed by atoms with van der Waals surface area (Å²) in [7, 11) is 0. The zero-order chi connectivity index (χ0) is 12.1. The molecule has 0 bridgehead atoms. The molecule has 2 N–H and O–H groups in total. The van der Waals surface area contributed by atoms with Gasteiger partial charge in [0.2, 0.25) is 0 Å². The van der Waals surface area contributed by atoms with Gasteiger partial charge in [-0.05, 0) is 18.4 Å². The van der Waals surface area contributed by atoms with Crippen LogP contribution in [-0.2, 0) is 6.42 Å². The summed E-state index contributed by atoms with van der Waals surface area (Å²) < 4.78 is 0. The highest BCUT2D eigenvalue weighted by molar-refractivity contribution is 5.16. The molecule has 90 valence electrons. The van der Waals surface area contributed by atoms with Crippen LogP contribution in [0.2, 0.25) is 0 Å². The van der Waals surface area contributed by atoms with E-state index in [0.29, 0.717) is 12.5 Å². The Bertz CT molecular complexity index is 334. The molecule has 1 rings (SSSR count). The summed E-state index contributed by atoms with van der Waals surface area (Å²) in [6.07, 6.45) is 2.14. The molecule has 1 heterocycles. The third kappa shape index (κ3) is 3.27. The number of aryl methyl sites for hydroxylation is 1. The summed E-state index contributed by atoms with van der Waals surface area (Å²) in [6.45, 7) is 9.18. The van der Waals surface area contributed by atoms with Gasteiger partial charge in [0.25, 0.3) is 0 Å². The van der Waals surface area contributed by atoms with Crippen LogP contribution in [-0.4, -0.2) is 16.5 Å². The minimum atomic E-state index is 0.245. The van der Waals surface area contributed by atoms with E-state index >= 15 is 0 Å². The van der Waals surface area contributed by atoms with Crippen molar-refractivity contribution in [3.05, 3.63) is 23.3 Å². The van der Waals surface area contributed by atoms with Gasteiger partial charge in [0.15, 0.2) is 0 Å². The van der Waals surface area contributed by atoms with E-state index in [2.05, 4.69) is 43.7 Å². The summed E-state index contributed by atoms with van der Waals surface area (Å²) in [5.74, 6) is 1.59. The Morgan fingerprint density at radius 2 is 1.94 bits per heavy atom. The SMILES string of the molecule is CCCc1cc(C(C)C)nc(C(C)CN)n1. The standard InChI is InChI=1S/C13H23N3/c1-5-6-11-7-12(9(2)3)16-13(15-11)10(4)8-14/h7,9-10H,5-6,8,14H2,1-4H3. The number of hydrogen-bond acceptors (Lipinski definition) is 3. The maximum atomic E-state index is 5.67. The molecular weight excluding hydrogens is 198 g/mol. The lowest BCUT2D eigenvalue weighted by atomic mass is 10.1. The van der Waals surface area contributed by atoms with E-state index in [0.717, 1.165) is 30.1 Å². The summed E-state index contributed by atoms with van der Waals surface area (Å²) in [4.78, 5) is 9.18. The van der Waals surface area contributed by atoms with Crippen LogP contribution in [0.4, 0.5) is 0 Å². The van der Waals surface area contributed by atoms with Crippen molar-refractivity contribution in [3.8, 4) is 0 Å². The lowest BCUT2D eigenvalue weighted by molar-refractivity contribution is 0.674. The fourth-order valence-corrected chi connectivity index (χ4v) is 1.55. The fourth-order valence-electron chi connectivity index (χ4n) is 1.55. The maximum Gasteiger partial charge on any atom is 0.132 e. The predicted octanol–water partition coefficient (Wildman–Crippen LogP) is 2.61. The van der Waals surface area contributed by atoms with E-state index in [1.807, 2.05) is 0 Å². The Morgan fingerprint density at radius 3 is 2.44 bits per heavy atom. The highest BCUT2D eigenvalue weighted by Crippen LogP contribution is 2.17. The second kappa shape index (κ2) is 5.94. The van der Waals surface area contributed by atoms with Crippen LogP contribution >= 0.6 is 0 Å². The maximum absolute atomic E-state index is 5.67. The highest BCUT2D eigenvalue weighted by Gasteiger charge is 2.11. The second-order valence-electron chi connectivity index (χ2n) is 4.68. The molecule has 1 aromatic rings. The molecule has 0 radical (unpaired) electrons. The van der Waals surface area contributed by atoms with E-state index < -0.39 is 0 Å². The first kappa shape index (κ1) is 13.1. The van der Waals surface area contributed by atoms with Crippen LogP contribution < -0.4 is 5.73 Å². The topological polar surface area (TPSA) is 51.8 Å². The van der Waals surface area contributed by atoms with Gasteiger partial charge in [0, 0.05) is 23.9 Å². The van der Waals surface area contributed by atoms with Gasteiger partial charge >= 0.3 is 0 Å². The van der Waals surface area contributed by atoms with Gasteiger partial charge in [-0.15, -0.1) is 0 Å². The van der Waals surface area contributed by atoms with Crippen LogP contribution in [0, 0.1) is 0 Å². The van der Waals surface area contributed by atoms with Crippen molar-refractivity contribution < 1.29 is 0 Å². The molecule has 1 aromatic heterocycles. The number of nitrogens with zero attached hydrogens (tertiary/aromatic N) is 2. The molecule has 1 atom stereocenters. The van der Waals surface area contributed by atoms with Crippen molar-refractivity contribution in [3.63, 3.8) is 0 Å². The zero-order valence-electron chi connectivity index (χ0n) is 10.8. The lowest BCUT2D eigenvalue weighted by Crippen LogP contribution is -2.14. The van der Waals surface area contributed by atoms with Crippen LogP contribution in [0.1, 0.15) is 63.2 Å². The largest absolute Gasteiger partial charge is 0.330 e. The van der Waals surface area contributed by atoms with Gasteiger partial charge in [-0.3, -0.25) is 0 Å². The van der Waals surface area contributed by atoms with Crippen molar-refractivity contribution in [2.24, 2.45) is 5.73 Å². The molecule has 0 amide bonds. The summed E-state index contributed by atoms with van der Waals surface area (Å²) >= 11 is 0. The summed E-state index contributed by atoms with van der Waals surface area (Å²) in [6, 6.07) is 2.13. The highest BCUT2D eigenvalue weighted by atomic mass is 14.9. The summed E-state index contributed by atoms with van der Waals surface area (Å²) in [5, 5.41) is 0. The third-order valence-electron chi connectivity index (χ3n) is 2.71. The van der Waals surface area contributed by atoms with Crippen molar-refractivity contribution in [2.75, 3.05) is 6.54 Å².